The van der Waals surface area contributed by atoms with Crippen molar-refractivity contribution in [3.63, 3.8) is 0 Å². The molecule has 0 aliphatic heterocycles. The minimum atomic E-state index is -0.646. The van der Waals surface area contributed by atoms with Gasteiger partial charge in [-0.3, -0.25) is 9.59 Å². The number of hydrogen-bond donors (Lipinski definition) is 2. The van der Waals surface area contributed by atoms with E-state index >= 15 is 0 Å². The van der Waals surface area contributed by atoms with Crippen LogP contribution in [-0.2, 0) is 4.79 Å². The number of amides is 2. The smallest absolute Gasteiger partial charge is 0.258 e. The van der Waals surface area contributed by atoms with Gasteiger partial charge in [0, 0.05) is 6.07 Å². The fourth-order valence-electron chi connectivity index (χ4n) is 1.99. The molecule has 2 aromatic rings. The van der Waals surface area contributed by atoms with Crippen LogP contribution < -0.4 is 20.5 Å². The Morgan fingerprint density at radius 1 is 1.35 bits per heavy atom. The highest BCUT2D eigenvalue weighted by molar-refractivity contribution is 5.96. The van der Waals surface area contributed by atoms with E-state index in [-0.39, 0.29) is 29.9 Å². The van der Waals surface area contributed by atoms with Gasteiger partial charge in [-0.05, 0) is 31.2 Å². The van der Waals surface area contributed by atoms with Crippen molar-refractivity contribution in [1.29, 1.82) is 0 Å². The summed E-state index contributed by atoms with van der Waals surface area (Å²) in [6, 6.07) is 7.79. The summed E-state index contributed by atoms with van der Waals surface area (Å²) in [5, 5.41) is 2.72. The Kier molecular flexibility index (Phi) is 5.24. The van der Waals surface area contributed by atoms with Gasteiger partial charge in [0.2, 0.25) is 0 Å². The molecule has 0 aliphatic rings. The largest absolute Gasteiger partial charge is 0.497 e. The van der Waals surface area contributed by atoms with Gasteiger partial charge in [0.05, 0.1) is 25.0 Å². The standard InChI is InChI=1S/C16H18N2O5/c1-10(13-4-3-7-22-13)18-15(19)9-23-14-8-11(21-2)5-6-12(14)16(17)20/h3-8,10H,9H2,1-2H3,(H2,17,20)(H,18,19)/t10-/m1/s1. The molecular weight excluding hydrogens is 300 g/mol. The number of ether oxygens (including phenoxy) is 2. The first kappa shape index (κ1) is 16.4. The Labute approximate surface area is 133 Å². The fourth-order valence-corrected chi connectivity index (χ4v) is 1.99. The number of nitrogens with one attached hydrogen (secondary N) is 1. The molecule has 122 valence electrons. The molecule has 1 aromatic carbocycles. The van der Waals surface area contributed by atoms with Gasteiger partial charge in [0.1, 0.15) is 17.3 Å². The second-order valence-electron chi connectivity index (χ2n) is 4.82. The number of rotatable bonds is 7. The molecule has 1 aromatic heterocycles. The van der Waals surface area contributed by atoms with Crippen LogP contribution in [0.15, 0.2) is 41.0 Å². The molecule has 0 saturated heterocycles. The molecule has 0 radical (unpaired) electrons. The van der Waals surface area contributed by atoms with Crippen LogP contribution in [0.1, 0.15) is 29.1 Å². The topological polar surface area (TPSA) is 104 Å². The van der Waals surface area contributed by atoms with Crippen LogP contribution in [-0.4, -0.2) is 25.5 Å². The van der Waals surface area contributed by atoms with Crippen LogP contribution in [0.3, 0.4) is 0 Å². The van der Waals surface area contributed by atoms with Crippen LogP contribution in [0.5, 0.6) is 11.5 Å². The van der Waals surface area contributed by atoms with Crippen LogP contribution in [0, 0.1) is 0 Å². The molecule has 3 N–H and O–H groups in total. The first-order valence-corrected chi connectivity index (χ1v) is 6.94. The first-order valence-electron chi connectivity index (χ1n) is 6.94. The zero-order valence-electron chi connectivity index (χ0n) is 12.9. The van der Waals surface area contributed by atoms with Crippen molar-refractivity contribution in [3.05, 3.63) is 47.9 Å². The molecular formula is C16H18N2O5. The molecule has 0 aliphatic carbocycles. The van der Waals surface area contributed by atoms with Crippen molar-refractivity contribution in [2.75, 3.05) is 13.7 Å². The summed E-state index contributed by atoms with van der Waals surface area (Å²) < 4.78 is 15.7. The first-order chi connectivity index (χ1) is 11.0. The fraction of sp³-hybridized carbons (Fsp3) is 0.250. The molecule has 23 heavy (non-hydrogen) atoms. The third kappa shape index (κ3) is 4.26. The van der Waals surface area contributed by atoms with E-state index in [4.69, 9.17) is 19.6 Å². The van der Waals surface area contributed by atoms with E-state index in [0.29, 0.717) is 11.5 Å². The van der Waals surface area contributed by atoms with E-state index in [1.807, 2.05) is 0 Å². The zero-order valence-corrected chi connectivity index (χ0v) is 12.9. The molecule has 0 bridgehead atoms. The summed E-state index contributed by atoms with van der Waals surface area (Å²) in [6.45, 7) is 1.52. The Bertz CT molecular complexity index is 682. The molecule has 1 heterocycles. The average molecular weight is 318 g/mol. The predicted octanol–water partition coefficient (Wildman–Crippen LogP) is 1.64. The van der Waals surface area contributed by atoms with Crippen LogP contribution in [0.25, 0.3) is 0 Å². The number of furan rings is 1. The molecule has 0 spiro atoms. The van der Waals surface area contributed by atoms with Gasteiger partial charge in [0.15, 0.2) is 6.61 Å². The predicted molar refractivity (Wildman–Crippen MR) is 82.3 cm³/mol. The highest BCUT2D eigenvalue weighted by atomic mass is 16.5. The zero-order chi connectivity index (χ0) is 16.8. The number of hydrogen-bond acceptors (Lipinski definition) is 5. The van der Waals surface area contributed by atoms with E-state index in [2.05, 4.69) is 5.32 Å². The normalized spacial score (nSPS) is 11.6. The molecule has 2 amide bonds. The molecule has 0 unspecified atom stereocenters. The minimum Gasteiger partial charge on any atom is -0.497 e. The van der Waals surface area contributed by atoms with Crippen LogP contribution in [0.4, 0.5) is 0 Å². The summed E-state index contributed by atoms with van der Waals surface area (Å²) in [5.74, 6) is 0.323. The maximum absolute atomic E-state index is 11.9. The van der Waals surface area contributed by atoms with Gasteiger partial charge < -0.3 is 24.9 Å². The van der Waals surface area contributed by atoms with Crippen molar-refractivity contribution in [3.8, 4) is 11.5 Å². The quantitative estimate of drug-likeness (QED) is 0.807. The third-order valence-electron chi connectivity index (χ3n) is 3.16. The summed E-state index contributed by atoms with van der Waals surface area (Å²) in [4.78, 5) is 23.3. The van der Waals surface area contributed by atoms with Gasteiger partial charge >= 0.3 is 0 Å². The van der Waals surface area contributed by atoms with Crippen molar-refractivity contribution < 1.29 is 23.5 Å². The summed E-state index contributed by atoms with van der Waals surface area (Å²) in [6.07, 6.45) is 1.53. The molecule has 0 fully saturated rings. The second-order valence-corrected chi connectivity index (χ2v) is 4.82. The van der Waals surface area contributed by atoms with E-state index in [1.54, 1.807) is 25.1 Å². The maximum atomic E-state index is 11.9. The van der Waals surface area contributed by atoms with Gasteiger partial charge in [-0.25, -0.2) is 0 Å². The number of methoxy groups -OCH3 is 1. The van der Waals surface area contributed by atoms with Crippen molar-refractivity contribution in [1.82, 2.24) is 5.32 Å². The SMILES string of the molecule is COc1ccc(C(N)=O)c(OCC(=O)N[C@H](C)c2ccco2)c1. The molecule has 7 heteroatoms. The van der Waals surface area contributed by atoms with Gasteiger partial charge in [-0.15, -0.1) is 0 Å². The van der Waals surface area contributed by atoms with Crippen molar-refractivity contribution in [2.24, 2.45) is 5.73 Å². The molecule has 7 nitrogen and oxygen atoms in total. The van der Waals surface area contributed by atoms with Gasteiger partial charge in [-0.1, -0.05) is 0 Å². The van der Waals surface area contributed by atoms with E-state index < -0.39 is 5.91 Å². The number of benzene rings is 1. The lowest BCUT2D eigenvalue weighted by Gasteiger charge is -2.14. The molecule has 2 rings (SSSR count). The lowest BCUT2D eigenvalue weighted by Crippen LogP contribution is -2.31. The Morgan fingerprint density at radius 2 is 2.13 bits per heavy atom. The average Bonchev–Trinajstić information content (AvgIpc) is 3.07. The Balaban J connectivity index is 1.99. The summed E-state index contributed by atoms with van der Waals surface area (Å²) in [7, 11) is 1.49. The number of primary amides is 1. The van der Waals surface area contributed by atoms with E-state index in [1.165, 1.54) is 25.5 Å². The lowest BCUT2D eigenvalue weighted by atomic mass is 10.2. The minimum absolute atomic E-state index is 0.178. The summed E-state index contributed by atoms with van der Waals surface area (Å²) in [5.41, 5.74) is 5.46. The number of carbonyl (C=O) groups is 2. The number of nitrogens with two attached hydrogens (primary N) is 1. The highest BCUT2D eigenvalue weighted by Crippen LogP contribution is 2.24. The maximum Gasteiger partial charge on any atom is 0.258 e. The van der Waals surface area contributed by atoms with E-state index in [0.717, 1.165) is 0 Å². The third-order valence-corrected chi connectivity index (χ3v) is 3.16. The Hall–Kier alpha value is -2.96. The van der Waals surface area contributed by atoms with Crippen molar-refractivity contribution >= 4 is 11.8 Å². The monoisotopic (exact) mass is 318 g/mol. The van der Waals surface area contributed by atoms with Gasteiger partial charge in [-0.2, -0.15) is 0 Å². The Morgan fingerprint density at radius 3 is 2.74 bits per heavy atom. The van der Waals surface area contributed by atoms with Crippen LogP contribution in [0.2, 0.25) is 0 Å². The highest BCUT2D eigenvalue weighted by Gasteiger charge is 2.15. The van der Waals surface area contributed by atoms with Crippen LogP contribution >= 0.6 is 0 Å². The second kappa shape index (κ2) is 7.35. The molecule has 1 atom stereocenters. The molecule has 0 saturated carbocycles. The lowest BCUT2D eigenvalue weighted by molar-refractivity contribution is -0.123. The van der Waals surface area contributed by atoms with Crippen molar-refractivity contribution in [2.45, 2.75) is 13.0 Å². The number of carbonyl (C=O) groups excluding carboxylic acids is 2. The van der Waals surface area contributed by atoms with E-state index in [9.17, 15) is 9.59 Å². The van der Waals surface area contributed by atoms with Gasteiger partial charge in [0.25, 0.3) is 11.8 Å². The summed E-state index contributed by atoms with van der Waals surface area (Å²) >= 11 is 0.